The summed E-state index contributed by atoms with van der Waals surface area (Å²) in [6.45, 7) is 9.32. The molecule has 0 aromatic heterocycles. The Balaban J connectivity index is 2.09. The van der Waals surface area contributed by atoms with Gasteiger partial charge in [-0.3, -0.25) is 9.59 Å². The monoisotopic (exact) mass is 437 g/mol. The van der Waals surface area contributed by atoms with E-state index in [1.165, 1.54) is 4.90 Å². The van der Waals surface area contributed by atoms with Gasteiger partial charge in [-0.05, 0) is 47.7 Å². The smallest absolute Gasteiger partial charge is 0.295 e. The fourth-order valence-electron chi connectivity index (χ4n) is 3.84. The van der Waals surface area contributed by atoms with E-state index in [9.17, 15) is 14.7 Å². The minimum absolute atomic E-state index is 0.0291. The van der Waals surface area contributed by atoms with Gasteiger partial charge in [0.05, 0.1) is 24.8 Å². The van der Waals surface area contributed by atoms with E-state index in [1.807, 2.05) is 31.2 Å². The summed E-state index contributed by atoms with van der Waals surface area (Å²) in [5, 5.41) is 11.1. The molecule has 1 atom stereocenters. The van der Waals surface area contributed by atoms with Crippen molar-refractivity contribution in [3.8, 4) is 5.75 Å². The van der Waals surface area contributed by atoms with Gasteiger partial charge in [-0.25, -0.2) is 0 Å². The van der Waals surface area contributed by atoms with E-state index in [1.54, 1.807) is 31.4 Å². The topological polar surface area (TPSA) is 76.1 Å². The maximum Gasteiger partial charge on any atom is 0.295 e. The molecule has 1 heterocycles. The van der Waals surface area contributed by atoms with Gasteiger partial charge >= 0.3 is 0 Å². The largest absolute Gasteiger partial charge is 0.507 e. The van der Waals surface area contributed by atoms with Gasteiger partial charge in [-0.1, -0.05) is 45.0 Å². The summed E-state index contributed by atoms with van der Waals surface area (Å²) in [5.41, 5.74) is 2.41. The number of aliphatic hydroxyl groups excluding tert-OH is 1. The van der Waals surface area contributed by atoms with E-state index in [2.05, 4.69) is 20.8 Å². The van der Waals surface area contributed by atoms with Crippen LogP contribution in [-0.4, -0.2) is 48.6 Å². The molecule has 0 unspecified atom stereocenters. The van der Waals surface area contributed by atoms with Crippen LogP contribution in [0.1, 0.15) is 50.4 Å². The van der Waals surface area contributed by atoms with Crippen molar-refractivity contribution >= 4 is 17.4 Å². The van der Waals surface area contributed by atoms with Crippen molar-refractivity contribution in [2.75, 3.05) is 26.9 Å². The van der Waals surface area contributed by atoms with Crippen molar-refractivity contribution in [1.29, 1.82) is 0 Å². The quantitative estimate of drug-likeness (QED) is 0.393. The Hall–Kier alpha value is -3.12. The molecule has 6 nitrogen and oxygen atoms in total. The molecular formula is C26H31NO5. The SMILES string of the molecule is CCOc1ccc(/C(O)=C2\C(=O)C(=O)N(CCOC)[C@H]2c2ccc(C(C)(C)C)cc2)cc1. The number of ether oxygens (including phenoxy) is 2. The molecule has 0 saturated carbocycles. The predicted octanol–water partition coefficient (Wildman–Crippen LogP) is 4.45. The van der Waals surface area contributed by atoms with Crippen LogP contribution in [0, 0.1) is 0 Å². The van der Waals surface area contributed by atoms with Crippen LogP contribution in [0.5, 0.6) is 5.75 Å². The fourth-order valence-corrected chi connectivity index (χ4v) is 3.84. The van der Waals surface area contributed by atoms with Gasteiger partial charge in [0, 0.05) is 19.2 Å². The van der Waals surface area contributed by atoms with Gasteiger partial charge in [0.25, 0.3) is 11.7 Å². The summed E-state index contributed by atoms with van der Waals surface area (Å²) >= 11 is 0. The Morgan fingerprint density at radius 3 is 2.19 bits per heavy atom. The molecule has 1 amide bonds. The average molecular weight is 438 g/mol. The van der Waals surface area contributed by atoms with Crippen molar-refractivity contribution in [1.82, 2.24) is 4.90 Å². The number of carbonyl (C=O) groups is 2. The van der Waals surface area contributed by atoms with Gasteiger partial charge in [-0.15, -0.1) is 0 Å². The Morgan fingerprint density at radius 1 is 1.03 bits per heavy atom. The highest BCUT2D eigenvalue weighted by molar-refractivity contribution is 6.46. The number of carbonyl (C=O) groups excluding carboxylic acids is 2. The molecule has 0 aliphatic carbocycles. The lowest BCUT2D eigenvalue weighted by molar-refractivity contribution is -0.140. The van der Waals surface area contributed by atoms with Crippen LogP contribution in [0.15, 0.2) is 54.1 Å². The molecule has 1 saturated heterocycles. The van der Waals surface area contributed by atoms with Gasteiger partial charge in [0.1, 0.15) is 11.5 Å². The van der Waals surface area contributed by atoms with E-state index in [4.69, 9.17) is 9.47 Å². The number of Topliss-reactive ketones (excluding diaryl/α,β-unsaturated/α-hetero) is 1. The van der Waals surface area contributed by atoms with Crippen LogP contribution < -0.4 is 4.74 Å². The Morgan fingerprint density at radius 2 is 1.66 bits per heavy atom. The van der Waals surface area contributed by atoms with Gasteiger partial charge in [0.15, 0.2) is 0 Å². The first-order valence-corrected chi connectivity index (χ1v) is 10.8. The Kier molecular flexibility index (Phi) is 7.04. The predicted molar refractivity (Wildman–Crippen MR) is 124 cm³/mol. The maximum atomic E-state index is 13.0. The highest BCUT2D eigenvalue weighted by Gasteiger charge is 2.45. The van der Waals surface area contributed by atoms with E-state index in [0.29, 0.717) is 17.9 Å². The summed E-state index contributed by atoms with van der Waals surface area (Å²) < 4.78 is 10.6. The minimum Gasteiger partial charge on any atom is -0.507 e. The molecule has 0 bridgehead atoms. The standard InChI is InChI=1S/C26H31NO5/c1-6-32-20-13-9-18(10-14-20)23(28)21-22(27(15-16-31-5)25(30)24(21)29)17-7-11-19(12-8-17)26(2,3)4/h7-14,22,28H,6,15-16H2,1-5H3/b23-21+/t22-/m0/s1. The molecule has 170 valence electrons. The third-order valence-electron chi connectivity index (χ3n) is 5.61. The fraction of sp³-hybridized carbons (Fsp3) is 0.385. The first-order chi connectivity index (χ1) is 15.2. The van der Waals surface area contributed by atoms with E-state index in [0.717, 1.165) is 11.1 Å². The number of ketones is 1. The lowest BCUT2D eigenvalue weighted by atomic mass is 9.85. The van der Waals surface area contributed by atoms with E-state index < -0.39 is 17.7 Å². The van der Waals surface area contributed by atoms with Crippen molar-refractivity contribution in [3.05, 3.63) is 70.8 Å². The number of rotatable bonds is 7. The first-order valence-electron chi connectivity index (χ1n) is 10.8. The Labute approximate surface area is 189 Å². The van der Waals surface area contributed by atoms with Crippen molar-refractivity contribution < 1.29 is 24.2 Å². The van der Waals surface area contributed by atoms with Crippen molar-refractivity contribution in [3.63, 3.8) is 0 Å². The molecule has 32 heavy (non-hydrogen) atoms. The summed E-state index contributed by atoms with van der Waals surface area (Å²) in [6.07, 6.45) is 0. The molecule has 0 radical (unpaired) electrons. The zero-order valence-corrected chi connectivity index (χ0v) is 19.3. The van der Waals surface area contributed by atoms with Gasteiger partial charge < -0.3 is 19.5 Å². The third-order valence-corrected chi connectivity index (χ3v) is 5.61. The zero-order valence-electron chi connectivity index (χ0n) is 19.3. The molecule has 6 heteroatoms. The number of amides is 1. The van der Waals surface area contributed by atoms with E-state index in [-0.39, 0.29) is 29.9 Å². The molecule has 1 fully saturated rings. The second kappa shape index (κ2) is 9.57. The second-order valence-electron chi connectivity index (χ2n) is 8.81. The molecular weight excluding hydrogens is 406 g/mol. The lowest BCUT2D eigenvalue weighted by Gasteiger charge is -2.26. The lowest BCUT2D eigenvalue weighted by Crippen LogP contribution is -2.32. The number of hydrogen-bond donors (Lipinski definition) is 1. The molecule has 0 spiro atoms. The van der Waals surface area contributed by atoms with Crippen LogP contribution in [-0.2, 0) is 19.7 Å². The normalized spacial score (nSPS) is 18.3. The van der Waals surface area contributed by atoms with E-state index >= 15 is 0 Å². The van der Waals surface area contributed by atoms with Crippen LogP contribution >= 0.6 is 0 Å². The van der Waals surface area contributed by atoms with Crippen molar-refractivity contribution in [2.24, 2.45) is 0 Å². The number of nitrogens with zero attached hydrogens (tertiary/aromatic N) is 1. The molecule has 2 aromatic carbocycles. The number of aliphatic hydroxyl groups is 1. The number of hydrogen-bond acceptors (Lipinski definition) is 5. The number of methoxy groups -OCH3 is 1. The maximum absolute atomic E-state index is 13.0. The van der Waals surface area contributed by atoms with Crippen molar-refractivity contribution in [2.45, 2.75) is 39.2 Å². The van der Waals surface area contributed by atoms with Crippen LogP contribution in [0.2, 0.25) is 0 Å². The highest BCUT2D eigenvalue weighted by atomic mass is 16.5. The molecule has 1 aliphatic rings. The second-order valence-corrected chi connectivity index (χ2v) is 8.81. The number of benzene rings is 2. The van der Waals surface area contributed by atoms with Crippen LogP contribution in [0.3, 0.4) is 0 Å². The number of likely N-dealkylation sites (tertiary alicyclic amines) is 1. The van der Waals surface area contributed by atoms with Crippen LogP contribution in [0.4, 0.5) is 0 Å². The minimum atomic E-state index is -0.697. The van der Waals surface area contributed by atoms with Gasteiger partial charge in [0.2, 0.25) is 0 Å². The molecule has 3 rings (SSSR count). The summed E-state index contributed by atoms with van der Waals surface area (Å²) in [6, 6.07) is 14.0. The zero-order chi connectivity index (χ0) is 23.5. The third kappa shape index (κ3) is 4.70. The molecule has 1 aliphatic heterocycles. The average Bonchev–Trinajstić information content (AvgIpc) is 3.02. The van der Waals surface area contributed by atoms with Crippen LogP contribution in [0.25, 0.3) is 5.76 Å². The summed E-state index contributed by atoms with van der Waals surface area (Å²) in [7, 11) is 1.55. The molecule has 1 N–H and O–H groups in total. The summed E-state index contributed by atoms with van der Waals surface area (Å²) in [5.74, 6) is -0.869. The summed E-state index contributed by atoms with van der Waals surface area (Å²) in [4.78, 5) is 27.3. The first kappa shape index (κ1) is 23.5. The molecule has 2 aromatic rings. The van der Waals surface area contributed by atoms with Gasteiger partial charge in [-0.2, -0.15) is 0 Å². The Bertz CT molecular complexity index is 1000. The highest BCUT2D eigenvalue weighted by Crippen LogP contribution is 2.40.